The maximum atomic E-state index is 12.2. The number of benzene rings is 2. The molecule has 0 saturated heterocycles. The van der Waals surface area contributed by atoms with E-state index in [-0.39, 0.29) is 11.9 Å². The molecule has 5 heteroatoms. The summed E-state index contributed by atoms with van der Waals surface area (Å²) in [6, 6.07) is 18.2. The van der Waals surface area contributed by atoms with Crippen LogP contribution in [0.25, 0.3) is 0 Å². The first-order valence-electron chi connectivity index (χ1n) is 9.78. The Kier molecular flexibility index (Phi) is 5.15. The van der Waals surface area contributed by atoms with Crippen LogP contribution in [0, 0.1) is 0 Å². The summed E-state index contributed by atoms with van der Waals surface area (Å²) in [4.78, 5) is 16.7. The van der Waals surface area contributed by atoms with Crippen molar-refractivity contribution in [3.63, 3.8) is 0 Å². The summed E-state index contributed by atoms with van der Waals surface area (Å²) in [5, 5.41) is 2.91. The molecule has 3 aromatic rings. The van der Waals surface area contributed by atoms with E-state index in [4.69, 9.17) is 4.74 Å². The molecule has 4 rings (SSSR count). The maximum Gasteiger partial charge on any atom is 0.271 e. The fourth-order valence-corrected chi connectivity index (χ4v) is 3.59. The molecule has 1 aliphatic rings. The van der Waals surface area contributed by atoms with Gasteiger partial charge in [0.25, 0.3) is 5.91 Å². The lowest BCUT2D eigenvalue weighted by Gasteiger charge is -2.24. The van der Waals surface area contributed by atoms with Crippen LogP contribution in [0.1, 0.15) is 48.1 Å². The van der Waals surface area contributed by atoms with Crippen molar-refractivity contribution in [1.82, 2.24) is 14.9 Å². The van der Waals surface area contributed by atoms with E-state index in [1.165, 1.54) is 5.56 Å². The summed E-state index contributed by atoms with van der Waals surface area (Å²) in [7, 11) is 0. The van der Waals surface area contributed by atoms with Crippen LogP contribution in [0.4, 0.5) is 0 Å². The van der Waals surface area contributed by atoms with Crippen LogP contribution in [0.5, 0.6) is 11.5 Å². The van der Waals surface area contributed by atoms with Gasteiger partial charge in [0.05, 0.1) is 0 Å². The number of rotatable bonds is 5. The van der Waals surface area contributed by atoms with E-state index in [0.29, 0.717) is 11.6 Å². The van der Waals surface area contributed by atoms with Gasteiger partial charge in [-0.15, -0.1) is 0 Å². The number of imidazole rings is 1. The third kappa shape index (κ3) is 4.09. The van der Waals surface area contributed by atoms with Gasteiger partial charge in [-0.2, -0.15) is 0 Å². The lowest BCUT2D eigenvalue weighted by Crippen LogP contribution is -2.30. The number of aryl methyl sites for hydroxylation is 1. The summed E-state index contributed by atoms with van der Waals surface area (Å²) >= 11 is 0. The Morgan fingerprint density at radius 3 is 2.54 bits per heavy atom. The molecule has 144 valence electrons. The Morgan fingerprint density at radius 1 is 1.11 bits per heavy atom. The lowest BCUT2D eigenvalue weighted by atomic mass is 9.91. The summed E-state index contributed by atoms with van der Waals surface area (Å²) in [5.74, 6) is 2.98. The summed E-state index contributed by atoms with van der Waals surface area (Å²) < 4.78 is 8.00. The molecule has 1 aliphatic heterocycles. The minimum absolute atomic E-state index is 0.101. The molecule has 0 unspecified atom stereocenters. The zero-order chi connectivity index (χ0) is 19.5. The van der Waals surface area contributed by atoms with Crippen molar-refractivity contribution < 1.29 is 9.53 Å². The number of carbonyl (C=O) groups is 1. The molecule has 0 saturated carbocycles. The molecule has 1 amide bonds. The fourth-order valence-electron chi connectivity index (χ4n) is 3.59. The highest BCUT2D eigenvalue weighted by molar-refractivity contribution is 5.92. The van der Waals surface area contributed by atoms with Crippen molar-refractivity contribution >= 4 is 5.91 Å². The number of fused-ring (bicyclic) bond motifs is 1. The van der Waals surface area contributed by atoms with Crippen LogP contribution >= 0.6 is 0 Å². The second kappa shape index (κ2) is 7.89. The average Bonchev–Trinajstić information content (AvgIpc) is 3.12. The molecular weight excluding hydrogens is 350 g/mol. The van der Waals surface area contributed by atoms with Gasteiger partial charge in [-0.1, -0.05) is 30.3 Å². The topological polar surface area (TPSA) is 56.2 Å². The average molecular weight is 375 g/mol. The van der Waals surface area contributed by atoms with Crippen LogP contribution in [0.3, 0.4) is 0 Å². The smallest absolute Gasteiger partial charge is 0.271 e. The van der Waals surface area contributed by atoms with E-state index in [9.17, 15) is 4.79 Å². The third-order valence-electron chi connectivity index (χ3n) is 4.98. The van der Waals surface area contributed by atoms with Crippen molar-refractivity contribution in [2.24, 2.45) is 0 Å². The monoisotopic (exact) mass is 375 g/mol. The van der Waals surface area contributed by atoms with Gasteiger partial charge in [-0.3, -0.25) is 4.79 Å². The zero-order valence-corrected chi connectivity index (χ0v) is 16.3. The highest BCUT2D eigenvalue weighted by atomic mass is 16.5. The number of carbonyl (C=O) groups excluding carboxylic acids is 1. The molecule has 0 spiro atoms. The Balaban J connectivity index is 1.44. The number of ether oxygens (including phenoxy) is 1. The molecule has 28 heavy (non-hydrogen) atoms. The predicted octanol–water partition coefficient (Wildman–Crippen LogP) is 4.54. The molecule has 1 aromatic heterocycles. The van der Waals surface area contributed by atoms with Gasteiger partial charge in [-0.05, 0) is 50.1 Å². The first-order valence-corrected chi connectivity index (χ1v) is 9.78. The van der Waals surface area contributed by atoms with Crippen molar-refractivity contribution in [2.75, 3.05) is 0 Å². The minimum Gasteiger partial charge on any atom is -0.457 e. The van der Waals surface area contributed by atoms with Gasteiger partial charge in [0.1, 0.15) is 23.0 Å². The summed E-state index contributed by atoms with van der Waals surface area (Å²) in [5.41, 5.74) is 1.80. The summed E-state index contributed by atoms with van der Waals surface area (Å²) in [6.07, 6.45) is 3.79. The standard InChI is InChI=1S/C23H25N3O2/c1-16(2)24-23(27)21-15-26-14-18(10-13-22(26)25-21)17-8-11-20(12-9-17)28-19-6-4-3-5-7-19/h3-9,11-12,15-16,18H,10,13-14H2,1-2H3,(H,24,27)/t18-/m1/s1. The van der Waals surface area contributed by atoms with E-state index in [0.717, 1.165) is 36.7 Å². The maximum absolute atomic E-state index is 12.2. The Bertz CT molecular complexity index is 946. The van der Waals surface area contributed by atoms with E-state index >= 15 is 0 Å². The Hall–Kier alpha value is -3.08. The molecule has 0 bridgehead atoms. The van der Waals surface area contributed by atoms with E-state index in [2.05, 4.69) is 27.0 Å². The van der Waals surface area contributed by atoms with Crippen LogP contribution < -0.4 is 10.1 Å². The first kappa shape index (κ1) is 18.3. The van der Waals surface area contributed by atoms with Gasteiger partial charge >= 0.3 is 0 Å². The molecule has 2 aromatic carbocycles. The molecule has 0 aliphatic carbocycles. The SMILES string of the molecule is CC(C)NC(=O)c1cn2c(n1)CC[C@@H](c1ccc(Oc3ccccc3)cc1)C2. The third-order valence-corrected chi connectivity index (χ3v) is 4.98. The number of hydrogen-bond acceptors (Lipinski definition) is 3. The van der Waals surface area contributed by atoms with Gasteiger partial charge in [0.15, 0.2) is 0 Å². The largest absolute Gasteiger partial charge is 0.457 e. The number of nitrogens with one attached hydrogen (secondary N) is 1. The summed E-state index contributed by atoms with van der Waals surface area (Å²) in [6.45, 7) is 4.75. The minimum atomic E-state index is -0.101. The van der Waals surface area contributed by atoms with Crippen LogP contribution in [0.15, 0.2) is 60.8 Å². The highest BCUT2D eigenvalue weighted by Gasteiger charge is 2.23. The quantitative estimate of drug-likeness (QED) is 0.712. The predicted molar refractivity (Wildman–Crippen MR) is 109 cm³/mol. The van der Waals surface area contributed by atoms with Crippen molar-refractivity contribution in [3.05, 3.63) is 77.9 Å². The van der Waals surface area contributed by atoms with Gasteiger partial charge in [0, 0.05) is 31.1 Å². The molecule has 0 radical (unpaired) electrons. The number of amides is 1. The number of aromatic nitrogens is 2. The van der Waals surface area contributed by atoms with Crippen LogP contribution in [-0.4, -0.2) is 21.5 Å². The second-order valence-corrected chi connectivity index (χ2v) is 7.54. The van der Waals surface area contributed by atoms with E-state index in [1.54, 1.807) is 0 Å². The molecule has 1 atom stereocenters. The van der Waals surface area contributed by atoms with Gasteiger partial charge in [0.2, 0.25) is 0 Å². The molecule has 1 N–H and O–H groups in total. The van der Waals surface area contributed by atoms with E-state index < -0.39 is 0 Å². The Labute approximate surface area is 165 Å². The van der Waals surface area contributed by atoms with Crippen molar-refractivity contribution in [2.45, 2.75) is 45.2 Å². The number of hydrogen-bond donors (Lipinski definition) is 1. The fraction of sp³-hybridized carbons (Fsp3) is 0.304. The normalized spacial score (nSPS) is 15.9. The Morgan fingerprint density at radius 2 is 1.82 bits per heavy atom. The van der Waals surface area contributed by atoms with Crippen LogP contribution in [-0.2, 0) is 13.0 Å². The highest BCUT2D eigenvalue weighted by Crippen LogP contribution is 2.31. The number of para-hydroxylation sites is 1. The molecule has 5 nitrogen and oxygen atoms in total. The van der Waals surface area contributed by atoms with Crippen molar-refractivity contribution in [1.29, 1.82) is 0 Å². The molecular formula is C23H25N3O2. The molecule has 0 fully saturated rings. The zero-order valence-electron chi connectivity index (χ0n) is 16.3. The van der Waals surface area contributed by atoms with Crippen LogP contribution in [0.2, 0.25) is 0 Å². The lowest BCUT2D eigenvalue weighted by molar-refractivity contribution is 0.0938. The van der Waals surface area contributed by atoms with E-state index in [1.807, 2.05) is 62.5 Å². The van der Waals surface area contributed by atoms with Gasteiger partial charge in [-0.25, -0.2) is 4.98 Å². The number of nitrogens with zero attached hydrogens (tertiary/aromatic N) is 2. The molecule has 2 heterocycles. The first-order chi connectivity index (χ1) is 13.6. The van der Waals surface area contributed by atoms with Crippen molar-refractivity contribution in [3.8, 4) is 11.5 Å². The second-order valence-electron chi connectivity index (χ2n) is 7.54. The van der Waals surface area contributed by atoms with Gasteiger partial charge < -0.3 is 14.6 Å².